The van der Waals surface area contributed by atoms with E-state index in [0.717, 1.165) is 48.5 Å². The van der Waals surface area contributed by atoms with Gasteiger partial charge in [0, 0.05) is 32.0 Å². The number of Topliss-reactive ketones (excluding diaryl/α,β-unsaturated/α-hetero) is 1. The van der Waals surface area contributed by atoms with Gasteiger partial charge in [0.05, 0.1) is 17.6 Å². The van der Waals surface area contributed by atoms with Gasteiger partial charge in [0.25, 0.3) is 0 Å². The van der Waals surface area contributed by atoms with Crippen molar-refractivity contribution in [2.45, 2.75) is 60.0 Å². The molecule has 210 valence electrons. The van der Waals surface area contributed by atoms with E-state index in [4.69, 9.17) is 22.1 Å². The van der Waals surface area contributed by atoms with Crippen molar-refractivity contribution < 1.29 is 9.53 Å². The van der Waals surface area contributed by atoms with Crippen LogP contribution in [0.5, 0.6) is 5.75 Å². The molecule has 0 amide bonds. The van der Waals surface area contributed by atoms with E-state index in [1.807, 2.05) is 61.2 Å². The van der Waals surface area contributed by atoms with E-state index in [9.17, 15) is 10.1 Å². The summed E-state index contributed by atoms with van der Waals surface area (Å²) in [6, 6.07) is 20.2. The monoisotopic (exact) mass is 677 g/mol. The molecule has 1 aliphatic heterocycles. The van der Waals surface area contributed by atoms with Gasteiger partial charge < -0.3 is 10.5 Å². The van der Waals surface area contributed by atoms with Crippen LogP contribution in [0.2, 0.25) is 5.02 Å². The molecule has 7 heteroatoms. The van der Waals surface area contributed by atoms with Gasteiger partial charge in [0.1, 0.15) is 18.2 Å². The van der Waals surface area contributed by atoms with Gasteiger partial charge in [-0.2, -0.15) is 5.26 Å². The summed E-state index contributed by atoms with van der Waals surface area (Å²) >= 11 is 8.40. The minimum atomic E-state index is -0.546. The molecule has 2 aliphatic rings. The molecule has 0 saturated carbocycles. The Kier molecular flexibility index (Phi) is 7.97. The van der Waals surface area contributed by atoms with Crippen molar-refractivity contribution in [2.75, 3.05) is 4.90 Å². The Morgan fingerprint density at radius 2 is 1.76 bits per heavy atom. The highest BCUT2D eigenvalue weighted by atomic mass is 127. The molecule has 1 unspecified atom stereocenters. The molecule has 0 bridgehead atoms. The molecule has 2 N–H and O–H groups in total. The molecule has 41 heavy (non-hydrogen) atoms. The maximum absolute atomic E-state index is 14.0. The SMILES string of the molecule is Cc1cc(C)c(C2C(C#N)=C(N)N(c3ccc(I)cc3)C3=C2C(=O)CC(C)(C)C3)cc1COc1ccc(Cl)cc1C. The van der Waals surface area contributed by atoms with Crippen LogP contribution in [0.1, 0.15) is 60.4 Å². The summed E-state index contributed by atoms with van der Waals surface area (Å²) in [5, 5.41) is 11.2. The zero-order chi connectivity index (χ0) is 29.6. The zero-order valence-electron chi connectivity index (χ0n) is 23.9. The average Bonchev–Trinajstić information content (AvgIpc) is 2.89. The van der Waals surface area contributed by atoms with Gasteiger partial charge in [0.2, 0.25) is 0 Å². The maximum atomic E-state index is 14.0. The Morgan fingerprint density at radius 3 is 2.41 bits per heavy atom. The first-order chi connectivity index (χ1) is 19.4. The number of benzene rings is 3. The first-order valence-corrected chi connectivity index (χ1v) is 15.1. The fraction of sp³-hybridized carbons (Fsp3) is 0.294. The maximum Gasteiger partial charge on any atom is 0.162 e. The zero-order valence-corrected chi connectivity index (χ0v) is 26.9. The molecule has 5 nitrogen and oxygen atoms in total. The second kappa shape index (κ2) is 11.2. The highest BCUT2D eigenvalue weighted by Crippen LogP contribution is 2.51. The molecule has 0 spiro atoms. The van der Waals surface area contributed by atoms with Crippen molar-refractivity contribution in [1.82, 2.24) is 0 Å². The van der Waals surface area contributed by atoms with Crippen molar-refractivity contribution in [3.8, 4) is 11.8 Å². The number of carbonyl (C=O) groups is 1. The highest BCUT2D eigenvalue weighted by molar-refractivity contribution is 14.1. The third-order valence-electron chi connectivity index (χ3n) is 8.02. The summed E-state index contributed by atoms with van der Waals surface area (Å²) in [6.07, 6.45) is 1.09. The highest BCUT2D eigenvalue weighted by Gasteiger charge is 2.45. The van der Waals surface area contributed by atoms with Gasteiger partial charge in [-0.1, -0.05) is 37.6 Å². The first-order valence-electron chi connectivity index (χ1n) is 13.6. The molecule has 1 atom stereocenters. The van der Waals surface area contributed by atoms with Gasteiger partial charge >= 0.3 is 0 Å². The van der Waals surface area contributed by atoms with Crippen LogP contribution < -0.4 is 15.4 Å². The van der Waals surface area contributed by atoms with E-state index in [0.29, 0.717) is 41.4 Å². The number of hydrogen-bond donors (Lipinski definition) is 1. The normalized spacial score (nSPS) is 18.3. The van der Waals surface area contributed by atoms with Gasteiger partial charge in [0.15, 0.2) is 5.78 Å². The third kappa shape index (κ3) is 5.62. The van der Waals surface area contributed by atoms with Gasteiger partial charge in [-0.25, -0.2) is 0 Å². The number of rotatable bonds is 5. The molecular formula is C34H33ClIN3O2. The van der Waals surface area contributed by atoms with Crippen LogP contribution in [0.3, 0.4) is 0 Å². The first kappa shape index (κ1) is 29.2. The number of nitrogens with zero attached hydrogens (tertiary/aromatic N) is 2. The summed E-state index contributed by atoms with van der Waals surface area (Å²) in [6.45, 7) is 10.6. The standard InChI is InChI=1S/C34H33ClIN3O2/c1-19-12-20(2)26(14-22(19)18-41-30-11-6-23(35)13-21(30)3)31-27(17-37)33(38)39(25-9-7-24(36)8-10-25)28-15-34(4,5)16-29(40)32(28)31/h6-14,31H,15-16,18,38H2,1-5H3. The number of nitrogens with two attached hydrogens (primary N) is 1. The van der Waals surface area contributed by atoms with E-state index in [2.05, 4.69) is 61.6 Å². The van der Waals surface area contributed by atoms with Gasteiger partial charge in [-0.05, 0) is 125 Å². The van der Waals surface area contributed by atoms with Crippen LogP contribution in [0.25, 0.3) is 0 Å². The summed E-state index contributed by atoms with van der Waals surface area (Å²) in [4.78, 5) is 15.9. The summed E-state index contributed by atoms with van der Waals surface area (Å²) < 4.78 is 7.30. The Labute approximate surface area is 260 Å². The number of hydrogen-bond acceptors (Lipinski definition) is 5. The quantitative estimate of drug-likeness (QED) is 0.275. The van der Waals surface area contributed by atoms with Crippen LogP contribution in [-0.2, 0) is 11.4 Å². The lowest BCUT2D eigenvalue weighted by Gasteiger charge is -2.44. The van der Waals surface area contributed by atoms with Gasteiger partial charge in [-0.3, -0.25) is 9.69 Å². The molecular weight excluding hydrogens is 645 g/mol. The number of ether oxygens (including phenoxy) is 1. The number of ketones is 1. The lowest BCUT2D eigenvalue weighted by Crippen LogP contribution is -2.42. The number of aryl methyl sites for hydroxylation is 3. The summed E-state index contributed by atoms with van der Waals surface area (Å²) in [5.74, 6) is 0.651. The van der Waals surface area contributed by atoms with E-state index in [-0.39, 0.29) is 11.2 Å². The predicted octanol–water partition coefficient (Wildman–Crippen LogP) is 8.39. The van der Waals surface area contributed by atoms with Crippen molar-refractivity contribution in [1.29, 1.82) is 5.26 Å². The number of nitriles is 1. The molecule has 0 aromatic heterocycles. The minimum absolute atomic E-state index is 0.0616. The summed E-state index contributed by atoms with van der Waals surface area (Å²) in [7, 11) is 0. The van der Waals surface area contributed by atoms with Gasteiger partial charge in [-0.15, -0.1) is 0 Å². The molecule has 3 aromatic carbocycles. The van der Waals surface area contributed by atoms with Crippen LogP contribution in [0.4, 0.5) is 5.69 Å². The van der Waals surface area contributed by atoms with E-state index >= 15 is 0 Å². The smallest absolute Gasteiger partial charge is 0.162 e. The molecule has 1 aliphatic carbocycles. The van der Waals surface area contributed by atoms with Crippen LogP contribution >= 0.6 is 34.2 Å². The van der Waals surface area contributed by atoms with E-state index in [1.54, 1.807) is 0 Å². The van der Waals surface area contributed by atoms with E-state index in [1.165, 1.54) is 0 Å². The number of allylic oxidation sites excluding steroid dienone is 3. The van der Waals surface area contributed by atoms with Crippen LogP contribution in [0, 0.1) is 41.1 Å². The Bertz CT molecular complexity index is 1660. The Hall–Kier alpha value is -3.28. The lowest BCUT2D eigenvalue weighted by molar-refractivity contribution is -0.118. The average molecular weight is 678 g/mol. The lowest BCUT2D eigenvalue weighted by atomic mass is 9.68. The minimum Gasteiger partial charge on any atom is -0.489 e. The Morgan fingerprint density at radius 1 is 1.05 bits per heavy atom. The molecule has 1 heterocycles. The molecule has 0 radical (unpaired) electrons. The molecule has 0 saturated heterocycles. The molecule has 5 rings (SSSR count). The summed E-state index contributed by atoms with van der Waals surface area (Å²) in [5.41, 5.74) is 14.3. The van der Waals surface area contributed by atoms with Crippen molar-refractivity contribution in [3.63, 3.8) is 0 Å². The fourth-order valence-corrected chi connectivity index (χ4v) is 6.60. The van der Waals surface area contributed by atoms with Crippen LogP contribution in [0.15, 0.2) is 77.3 Å². The Balaban J connectivity index is 1.65. The molecule has 3 aromatic rings. The van der Waals surface area contributed by atoms with Crippen molar-refractivity contribution >= 4 is 45.7 Å². The predicted molar refractivity (Wildman–Crippen MR) is 173 cm³/mol. The molecule has 0 fully saturated rings. The van der Waals surface area contributed by atoms with Crippen molar-refractivity contribution in [3.05, 3.63) is 114 Å². The fourth-order valence-electron chi connectivity index (χ4n) is 6.02. The number of halogens is 2. The number of carbonyl (C=O) groups excluding carboxylic acids is 1. The van der Waals surface area contributed by atoms with Crippen LogP contribution in [-0.4, -0.2) is 5.78 Å². The second-order valence-corrected chi connectivity index (χ2v) is 13.5. The second-order valence-electron chi connectivity index (χ2n) is 11.8. The largest absolute Gasteiger partial charge is 0.489 e. The van der Waals surface area contributed by atoms with E-state index < -0.39 is 5.92 Å². The number of anilines is 1. The topological polar surface area (TPSA) is 79.4 Å². The van der Waals surface area contributed by atoms with Crippen molar-refractivity contribution in [2.24, 2.45) is 11.1 Å². The third-order valence-corrected chi connectivity index (χ3v) is 8.98.